The Bertz CT molecular complexity index is 960. The van der Waals surface area contributed by atoms with Crippen LogP contribution in [-0.2, 0) is 11.3 Å². The molecule has 0 bridgehead atoms. The van der Waals surface area contributed by atoms with Crippen molar-refractivity contribution in [3.8, 4) is 11.8 Å². The number of aromatic nitrogens is 2. The average molecular weight is 367 g/mol. The second-order valence-electron chi connectivity index (χ2n) is 5.33. The van der Waals surface area contributed by atoms with Gasteiger partial charge < -0.3 is 4.74 Å². The lowest BCUT2D eigenvalue weighted by atomic mass is 10.2. The maximum atomic E-state index is 13.2. The Morgan fingerprint density at radius 1 is 1.23 bits per heavy atom. The number of carbonyl (C=O) groups is 1. The number of nitrogens with zero attached hydrogens (tertiary/aromatic N) is 3. The molecule has 3 aromatic rings. The van der Waals surface area contributed by atoms with Crippen molar-refractivity contribution in [1.82, 2.24) is 9.55 Å². The van der Waals surface area contributed by atoms with Gasteiger partial charge in [0.25, 0.3) is 0 Å². The first-order valence-corrected chi connectivity index (χ1v) is 8.88. The fourth-order valence-electron chi connectivity index (χ4n) is 2.36. The second kappa shape index (κ2) is 7.85. The predicted octanol–water partition coefficient (Wildman–Crippen LogP) is 3.96. The van der Waals surface area contributed by atoms with E-state index in [1.165, 1.54) is 30.1 Å². The number of imidazole rings is 1. The largest absolute Gasteiger partial charge is 0.456 e. The molecular formula is C19H14FN3O2S. The van der Waals surface area contributed by atoms with Crippen LogP contribution in [0.4, 0.5) is 4.39 Å². The average Bonchev–Trinajstić information content (AvgIpc) is 3.11. The van der Waals surface area contributed by atoms with Gasteiger partial charge >= 0.3 is 5.97 Å². The van der Waals surface area contributed by atoms with E-state index in [0.717, 1.165) is 5.56 Å². The highest BCUT2D eigenvalue weighted by Gasteiger charge is 2.19. The van der Waals surface area contributed by atoms with Gasteiger partial charge in [0.15, 0.2) is 10.9 Å². The van der Waals surface area contributed by atoms with Crippen molar-refractivity contribution in [3.05, 3.63) is 77.4 Å². The summed E-state index contributed by atoms with van der Waals surface area (Å²) in [4.78, 5) is 16.7. The molecule has 130 valence electrons. The lowest BCUT2D eigenvalue weighted by Crippen LogP contribution is -2.12. The van der Waals surface area contributed by atoms with Crippen LogP contribution in [-0.4, -0.2) is 21.8 Å². The summed E-state index contributed by atoms with van der Waals surface area (Å²) in [6.07, 6.45) is 3.28. The molecule has 0 spiro atoms. The van der Waals surface area contributed by atoms with Gasteiger partial charge in [0, 0.05) is 5.69 Å². The minimum atomic E-state index is -0.536. The van der Waals surface area contributed by atoms with Crippen molar-refractivity contribution in [2.75, 3.05) is 6.26 Å². The number of rotatable bonds is 5. The minimum absolute atomic E-state index is 0.0771. The number of halogens is 1. The van der Waals surface area contributed by atoms with Gasteiger partial charge in [-0.05, 0) is 48.2 Å². The maximum absolute atomic E-state index is 13.2. The van der Waals surface area contributed by atoms with Crippen molar-refractivity contribution in [3.63, 3.8) is 0 Å². The highest BCUT2D eigenvalue weighted by atomic mass is 32.2. The summed E-state index contributed by atoms with van der Waals surface area (Å²) in [6, 6.07) is 14.6. The molecule has 0 fully saturated rings. The molecule has 0 aliphatic rings. The lowest BCUT2D eigenvalue weighted by molar-refractivity contribution is 0.0462. The van der Waals surface area contributed by atoms with Crippen LogP contribution in [0.2, 0.25) is 0 Å². The number of hydrogen-bond acceptors (Lipinski definition) is 5. The Balaban J connectivity index is 1.82. The Labute approximate surface area is 154 Å². The standard InChI is InChI=1S/C19H14FN3O2S/c1-26-19-22-11-17(23(19)16-8-6-15(20)7-9-16)18(24)25-12-14-4-2-13(10-21)3-5-14/h2-9,11H,12H2,1H3. The maximum Gasteiger partial charge on any atom is 0.357 e. The highest BCUT2D eigenvalue weighted by Crippen LogP contribution is 2.23. The first-order valence-electron chi connectivity index (χ1n) is 7.66. The van der Waals surface area contributed by atoms with E-state index in [1.807, 2.05) is 12.3 Å². The Hall–Kier alpha value is -3.11. The van der Waals surface area contributed by atoms with Crippen LogP contribution < -0.4 is 0 Å². The third kappa shape index (κ3) is 3.76. The van der Waals surface area contributed by atoms with E-state index < -0.39 is 5.97 Å². The molecule has 0 saturated heterocycles. The Morgan fingerprint density at radius 2 is 1.92 bits per heavy atom. The molecule has 0 unspecified atom stereocenters. The SMILES string of the molecule is CSc1ncc(C(=O)OCc2ccc(C#N)cc2)n1-c1ccc(F)cc1. The minimum Gasteiger partial charge on any atom is -0.456 e. The molecule has 0 aliphatic heterocycles. The molecule has 0 aliphatic carbocycles. The molecule has 5 nitrogen and oxygen atoms in total. The van der Waals surface area contributed by atoms with E-state index in [4.69, 9.17) is 10.00 Å². The van der Waals surface area contributed by atoms with Crippen LogP contribution in [0.15, 0.2) is 59.9 Å². The number of nitriles is 1. The van der Waals surface area contributed by atoms with Gasteiger partial charge in [-0.15, -0.1) is 0 Å². The van der Waals surface area contributed by atoms with E-state index in [9.17, 15) is 9.18 Å². The molecule has 0 radical (unpaired) electrons. The molecular weight excluding hydrogens is 353 g/mol. The van der Waals surface area contributed by atoms with Crippen LogP contribution in [0.3, 0.4) is 0 Å². The van der Waals surface area contributed by atoms with Crippen molar-refractivity contribution in [2.45, 2.75) is 11.8 Å². The summed E-state index contributed by atoms with van der Waals surface area (Å²) in [5, 5.41) is 9.41. The van der Waals surface area contributed by atoms with Gasteiger partial charge in [0.05, 0.1) is 17.8 Å². The molecule has 26 heavy (non-hydrogen) atoms. The smallest absolute Gasteiger partial charge is 0.357 e. The van der Waals surface area contributed by atoms with Gasteiger partial charge in [-0.1, -0.05) is 23.9 Å². The molecule has 3 rings (SSSR count). The number of ether oxygens (including phenoxy) is 1. The third-order valence-electron chi connectivity index (χ3n) is 3.66. The lowest BCUT2D eigenvalue weighted by Gasteiger charge is -2.11. The number of carbonyl (C=O) groups excluding carboxylic acids is 1. The summed E-state index contributed by atoms with van der Waals surface area (Å²) in [7, 11) is 0. The van der Waals surface area contributed by atoms with Crippen molar-refractivity contribution >= 4 is 17.7 Å². The van der Waals surface area contributed by atoms with Gasteiger partial charge in [0.2, 0.25) is 0 Å². The normalized spacial score (nSPS) is 10.3. The third-order valence-corrected chi connectivity index (χ3v) is 4.31. The van der Waals surface area contributed by atoms with Crippen LogP contribution in [0.5, 0.6) is 0 Å². The van der Waals surface area contributed by atoms with Crippen LogP contribution in [0.25, 0.3) is 5.69 Å². The first kappa shape index (κ1) is 17.7. The summed E-state index contributed by atoms with van der Waals surface area (Å²) < 4.78 is 20.2. The van der Waals surface area contributed by atoms with Gasteiger partial charge in [-0.25, -0.2) is 14.2 Å². The molecule has 0 atom stereocenters. The monoisotopic (exact) mass is 367 g/mol. The summed E-state index contributed by atoms with van der Waals surface area (Å²) in [6.45, 7) is 0.0771. The summed E-state index contributed by atoms with van der Waals surface area (Å²) in [5.41, 5.74) is 2.20. The first-order chi connectivity index (χ1) is 12.6. The van der Waals surface area contributed by atoms with Gasteiger partial charge in [0.1, 0.15) is 12.4 Å². The van der Waals surface area contributed by atoms with E-state index in [-0.39, 0.29) is 18.1 Å². The second-order valence-corrected chi connectivity index (χ2v) is 6.10. The summed E-state index contributed by atoms with van der Waals surface area (Å²) in [5.74, 6) is -0.893. The van der Waals surface area contributed by atoms with Crippen LogP contribution in [0, 0.1) is 17.1 Å². The van der Waals surface area contributed by atoms with Gasteiger partial charge in [-0.3, -0.25) is 4.57 Å². The van der Waals surface area contributed by atoms with E-state index in [1.54, 1.807) is 41.0 Å². The molecule has 7 heteroatoms. The number of benzene rings is 2. The molecule has 1 heterocycles. The predicted molar refractivity (Wildman–Crippen MR) is 95.6 cm³/mol. The number of thioether (sulfide) groups is 1. The molecule has 1 aromatic heterocycles. The van der Waals surface area contributed by atoms with E-state index in [2.05, 4.69) is 4.98 Å². The van der Waals surface area contributed by atoms with E-state index >= 15 is 0 Å². The van der Waals surface area contributed by atoms with Crippen molar-refractivity contribution in [2.24, 2.45) is 0 Å². The van der Waals surface area contributed by atoms with Crippen LogP contribution in [0.1, 0.15) is 21.6 Å². The number of esters is 1. The fourth-order valence-corrected chi connectivity index (χ4v) is 2.91. The zero-order chi connectivity index (χ0) is 18.5. The zero-order valence-electron chi connectivity index (χ0n) is 13.8. The fraction of sp³-hybridized carbons (Fsp3) is 0.105. The molecule has 2 aromatic carbocycles. The molecule has 0 saturated carbocycles. The molecule has 0 amide bonds. The number of hydrogen-bond donors (Lipinski definition) is 0. The van der Waals surface area contributed by atoms with Crippen LogP contribution >= 0.6 is 11.8 Å². The van der Waals surface area contributed by atoms with E-state index in [0.29, 0.717) is 16.4 Å². The molecule has 0 N–H and O–H groups in total. The zero-order valence-corrected chi connectivity index (χ0v) is 14.7. The van der Waals surface area contributed by atoms with Crippen molar-refractivity contribution < 1.29 is 13.9 Å². The van der Waals surface area contributed by atoms with Crippen molar-refractivity contribution in [1.29, 1.82) is 5.26 Å². The topological polar surface area (TPSA) is 67.9 Å². The highest BCUT2D eigenvalue weighted by molar-refractivity contribution is 7.98. The quantitative estimate of drug-likeness (QED) is 0.504. The Morgan fingerprint density at radius 3 is 2.54 bits per heavy atom. The Kier molecular flexibility index (Phi) is 5.34. The summed E-state index contributed by atoms with van der Waals surface area (Å²) >= 11 is 1.37. The van der Waals surface area contributed by atoms with Gasteiger partial charge in [-0.2, -0.15) is 5.26 Å².